The Morgan fingerprint density at radius 2 is 1.80 bits per heavy atom. The van der Waals surface area contributed by atoms with Crippen LogP contribution in [0.15, 0.2) is 46.9 Å². The smallest absolute Gasteiger partial charge is 0.265 e. The molecule has 2 aromatic rings. The Morgan fingerprint density at radius 1 is 1.12 bits per heavy atom. The molecule has 0 aliphatic carbocycles. The molecule has 0 spiro atoms. The van der Waals surface area contributed by atoms with Crippen molar-refractivity contribution in [2.45, 2.75) is 52.6 Å². The quantitative estimate of drug-likeness (QED) is 0.608. The van der Waals surface area contributed by atoms with Crippen LogP contribution in [0.1, 0.15) is 44.7 Å². The average Bonchev–Trinajstić information content (AvgIpc) is 2.62. The zero-order chi connectivity index (χ0) is 18.2. The molecule has 0 aromatic heterocycles. The van der Waals surface area contributed by atoms with Crippen molar-refractivity contribution in [3.63, 3.8) is 0 Å². The third kappa shape index (κ3) is 5.89. The summed E-state index contributed by atoms with van der Waals surface area (Å²) in [5.74, 6) is 0.537. The van der Waals surface area contributed by atoms with Gasteiger partial charge in [-0.15, -0.1) is 0 Å². The lowest BCUT2D eigenvalue weighted by Crippen LogP contribution is -2.30. The Morgan fingerprint density at radius 3 is 2.40 bits per heavy atom. The number of carbonyl (C=O) groups excluding carboxylic acids is 1. The van der Waals surface area contributed by atoms with Crippen molar-refractivity contribution in [3.05, 3.63) is 58.1 Å². The number of nitrogens with one attached hydrogen (secondary N) is 1. The van der Waals surface area contributed by atoms with Crippen LogP contribution in [0, 0.1) is 0 Å². The van der Waals surface area contributed by atoms with Crippen LogP contribution in [0.25, 0.3) is 0 Å². The third-order valence-electron chi connectivity index (χ3n) is 4.12. The SMILES string of the molecule is CCCCc1ccc(NC(=O)C(C)Oc2ccc(CC)cc2)c(Br)c1. The van der Waals surface area contributed by atoms with E-state index in [4.69, 9.17) is 4.74 Å². The lowest BCUT2D eigenvalue weighted by Gasteiger charge is -2.16. The molecule has 1 amide bonds. The fourth-order valence-corrected chi connectivity index (χ4v) is 3.02. The Kier molecular flexibility index (Phi) is 7.51. The number of amides is 1. The lowest BCUT2D eigenvalue weighted by atomic mass is 10.1. The highest BCUT2D eigenvalue weighted by atomic mass is 79.9. The van der Waals surface area contributed by atoms with Crippen molar-refractivity contribution in [1.82, 2.24) is 0 Å². The highest BCUT2D eigenvalue weighted by Gasteiger charge is 2.16. The zero-order valence-corrected chi connectivity index (χ0v) is 16.7. The second kappa shape index (κ2) is 9.62. The predicted octanol–water partition coefficient (Wildman–Crippen LogP) is 5.76. The second-order valence-electron chi connectivity index (χ2n) is 6.16. The molecule has 1 unspecified atom stereocenters. The van der Waals surface area contributed by atoms with Crippen molar-refractivity contribution in [3.8, 4) is 5.75 Å². The Bertz CT molecular complexity index is 698. The van der Waals surface area contributed by atoms with E-state index in [2.05, 4.69) is 47.2 Å². The van der Waals surface area contributed by atoms with Gasteiger partial charge in [0.15, 0.2) is 6.10 Å². The fourth-order valence-electron chi connectivity index (χ4n) is 2.49. The molecule has 0 saturated carbocycles. The molecule has 0 saturated heterocycles. The van der Waals surface area contributed by atoms with Crippen LogP contribution in [0.3, 0.4) is 0 Å². The van der Waals surface area contributed by atoms with Crippen LogP contribution in [0.4, 0.5) is 5.69 Å². The van der Waals surface area contributed by atoms with Crippen molar-refractivity contribution in [2.75, 3.05) is 5.32 Å². The molecule has 3 nitrogen and oxygen atoms in total. The van der Waals surface area contributed by atoms with Gasteiger partial charge < -0.3 is 10.1 Å². The molecule has 0 aliphatic rings. The van der Waals surface area contributed by atoms with Crippen LogP contribution in [0.5, 0.6) is 5.75 Å². The average molecular weight is 404 g/mol. The standard InChI is InChI=1S/C21H26BrNO2/c1-4-6-7-17-10-13-20(19(22)14-17)23-21(24)15(3)25-18-11-8-16(5-2)9-12-18/h8-15H,4-7H2,1-3H3,(H,23,24). The first-order valence-electron chi connectivity index (χ1n) is 8.88. The minimum Gasteiger partial charge on any atom is -0.481 e. The minimum absolute atomic E-state index is 0.165. The van der Waals surface area contributed by atoms with Crippen molar-refractivity contribution < 1.29 is 9.53 Å². The van der Waals surface area contributed by atoms with E-state index in [1.807, 2.05) is 30.3 Å². The molecule has 25 heavy (non-hydrogen) atoms. The molecule has 1 N–H and O–H groups in total. The molecule has 4 heteroatoms. The van der Waals surface area contributed by atoms with E-state index in [0.717, 1.165) is 23.0 Å². The van der Waals surface area contributed by atoms with E-state index in [1.54, 1.807) is 6.92 Å². The maximum Gasteiger partial charge on any atom is 0.265 e. The molecule has 134 valence electrons. The van der Waals surface area contributed by atoms with Gasteiger partial charge in [-0.05, 0) is 77.5 Å². The van der Waals surface area contributed by atoms with Gasteiger partial charge in [0.1, 0.15) is 5.75 Å². The Hall–Kier alpha value is -1.81. The fraction of sp³-hybridized carbons (Fsp3) is 0.381. The molecule has 1 atom stereocenters. The molecule has 0 heterocycles. The van der Waals surface area contributed by atoms with E-state index in [1.165, 1.54) is 24.0 Å². The normalized spacial score (nSPS) is 11.8. The number of aryl methyl sites for hydroxylation is 2. The molecular formula is C21H26BrNO2. The van der Waals surface area contributed by atoms with Gasteiger partial charge in [-0.3, -0.25) is 4.79 Å². The number of ether oxygens (including phenoxy) is 1. The Labute approximate surface area is 158 Å². The lowest BCUT2D eigenvalue weighted by molar-refractivity contribution is -0.122. The summed E-state index contributed by atoms with van der Waals surface area (Å²) in [6.45, 7) is 6.05. The van der Waals surface area contributed by atoms with Crippen LogP contribution < -0.4 is 10.1 Å². The van der Waals surface area contributed by atoms with Crippen molar-refractivity contribution in [2.24, 2.45) is 0 Å². The molecule has 0 fully saturated rings. The molecule has 0 radical (unpaired) electrons. The summed E-state index contributed by atoms with van der Waals surface area (Å²) < 4.78 is 6.63. The second-order valence-corrected chi connectivity index (χ2v) is 7.02. The van der Waals surface area contributed by atoms with E-state index in [9.17, 15) is 4.79 Å². The monoisotopic (exact) mass is 403 g/mol. The summed E-state index contributed by atoms with van der Waals surface area (Å²) in [5, 5.41) is 2.93. The minimum atomic E-state index is -0.570. The van der Waals surface area contributed by atoms with Gasteiger partial charge in [-0.1, -0.05) is 38.5 Å². The highest BCUT2D eigenvalue weighted by Crippen LogP contribution is 2.25. The topological polar surface area (TPSA) is 38.3 Å². The molecule has 2 aromatic carbocycles. The van der Waals surface area contributed by atoms with Crippen LogP contribution in [0.2, 0.25) is 0 Å². The largest absolute Gasteiger partial charge is 0.481 e. The first kappa shape index (κ1) is 19.5. The van der Waals surface area contributed by atoms with Crippen LogP contribution >= 0.6 is 15.9 Å². The van der Waals surface area contributed by atoms with Gasteiger partial charge >= 0.3 is 0 Å². The molecule has 0 aliphatic heterocycles. The van der Waals surface area contributed by atoms with Gasteiger partial charge in [-0.2, -0.15) is 0 Å². The number of benzene rings is 2. The zero-order valence-electron chi connectivity index (χ0n) is 15.1. The van der Waals surface area contributed by atoms with Gasteiger partial charge in [0.2, 0.25) is 0 Å². The van der Waals surface area contributed by atoms with E-state index in [0.29, 0.717) is 5.75 Å². The number of anilines is 1. The summed E-state index contributed by atoms with van der Waals surface area (Å²) >= 11 is 3.54. The number of hydrogen-bond acceptors (Lipinski definition) is 2. The first-order valence-corrected chi connectivity index (χ1v) is 9.67. The predicted molar refractivity (Wildman–Crippen MR) is 107 cm³/mol. The van der Waals surface area contributed by atoms with E-state index in [-0.39, 0.29) is 5.91 Å². The summed E-state index contributed by atoms with van der Waals surface area (Å²) in [6.07, 6.45) is 3.80. The van der Waals surface area contributed by atoms with Crippen molar-refractivity contribution >= 4 is 27.5 Å². The molecule has 0 bridgehead atoms. The first-order chi connectivity index (χ1) is 12.0. The maximum absolute atomic E-state index is 12.4. The number of halogens is 1. The summed E-state index contributed by atoms with van der Waals surface area (Å²) in [4.78, 5) is 12.4. The Balaban J connectivity index is 1.95. The molecular weight excluding hydrogens is 378 g/mol. The number of unbranched alkanes of at least 4 members (excludes halogenated alkanes) is 1. The third-order valence-corrected chi connectivity index (χ3v) is 4.78. The van der Waals surface area contributed by atoms with Gasteiger partial charge in [0.05, 0.1) is 5.69 Å². The van der Waals surface area contributed by atoms with Gasteiger partial charge in [0.25, 0.3) is 5.91 Å². The summed E-state index contributed by atoms with van der Waals surface area (Å²) in [7, 11) is 0. The maximum atomic E-state index is 12.4. The number of hydrogen-bond donors (Lipinski definition) is 1. The van der Waals surface area contributed by atoms with E-state index < -0.39 is 6.10 Å². The van der Waals surface area contributed by atoms with Crippen LogP contribution in [-0.2, 0) is 17.6 Å². The van der Waals surface area contributed by atoms with Crippen molar-refractivity contribution in [1.29, 1.82) is 0 Å². The molecule has 2 rings (SSSR count). The van der Waals surface area contributed by atoms with Crippen LogP contribution in [-0.4, -0.2) is 12.0 Å². The highest BCUT2D eigenvalue weighted by molar-refractivity contribution is 9.10. The van der Waals surface area contributed by atoms with E-state index >= 15 is 0 Å². The number of carbonyl (C=O) groups is 1. The van der Waals surface area contributed by atoms with Gasteiger partial charge in [0, 0.05) is 4.47 Å². The summed E-state index contributed by atoms with van der Waals surface area (Å²) in [6, 6.07) is 13.9. The number of rotatable bonds is 8. The summed E-state index contributed by atoms with van der Waals surface area (Å²) in [5.41, 5.74) is 3.28. The van der Waals surface area contributed by atoms with Gasteiger partial charge in [-0.25, -0.2) is 0 Å².